The van der Waals surface area contributed by atoms with Crippen molar-refractivity contribution < 1.29 is 26.4 Å². The number of hydrogen-bond acceptors (Lipinski definition) is 7. The summed E-state index contributed by atoms with van der Waals surface area (Å²) in [6.45, 7) is 3.73. The zero-order valence-corrected chi connectivity index (χ0v) is 19.6. The highest BCUT2D eigenvalue weighted by Crippen LogP contribution is 2.28. The van der Waals surface area contributed by atoms with Crippen LogP contribution in [0.15, 0.2) is 36.8 Å². The molecule has 1 amide bonds. The van der Waals surface area contributed by atoms with Gasteiger partial charge >= 0.3 is 6.18 Å². The van der Waals surface area contributed by atoms with Crippen LogP contribution in [-0.2, 0) is 23.1 Å². The second kappa shape index (κ2) is 9.34. The lowest BCUT2D eigenvalue weighted by Crippen LogP contribution is -2.30. The number of alkyl halides is 3. The number of carbonyl (C=O) groups excluding carboxylic acids is 1. The largest absolute Gasteiger partial charge is 0.390 e. The maximum absolute atomic E-state index is 12.8. The molecule has 0 saturated carbocycles. The van der Waals surface area contributed by atoms with Gasteiger partial charge in [0.05, 0.1) is 12.2 Å². The zero-order valence-electron chi connectivity index (χ0n) is 18.8. The smallest absolute Gasteiger partial charge is 0.310 e. The molecular weight excluding hydrogens is 487 g/mol. The van der Waals surface area contributed by atoms with Crippen LogP contribution in [0.1, 0.15) is 47.9 Å². The van der Waals surface area contributed by atoms with Gasteiger partial charge in [0, 0.05) is 25.3 Å². The predicted octanol–water partition coefficient (Wildman–Crippen LogP) is 3.17. The van der Waals surface area contributed by atoms with E-state index in [-0.39, 0.29) is 30.6 Å². The third-order valence-electron chi connectivity index (χ3n) is 5.39. The lowest BCUT2D eigenvalue weighted by atomic mass is 10.1. The van der Waals surface area contributed by atoms with Crippen molar-refractivity contribution in [3.63, 3.8) is 0 Å². The molecule has 0 aliphatic carbocycles. The second-order valence-electron chi connectivity index (χ2n) is 8.31. The van der Waals surface area contributed by atoms with E-state index in [1.54, 1.807) is 24.5 Å². The van der Waals surface area contributed by atoms with Crippen molar-refractivity contribution in [3.05, 3.63) is 53.6 Å². The first-order chi connectivity index (χ1) is 16.4. The van der Waals surface area contributed by atoms with E-state index in [0.29, 0.717) is 22.6 Å². The van der Waals surface area contributed by atoms with Gasteiger partial charge < -0.3 is 9.88 Å². The third kappa shape index (κ3) is 5.65. The molecule has 4 rings (SSSR count). The lowest BCUT2D eigenvalue weighted by molar-refractivity contribution is -0.130. The Morgan fingerprint density at radius 3 is 2.66 bits per heavy atom. The molecule has 1 N–H and O–H groups in total. The average Bonchev–Trinajstić information content (AvgIpc) is 3.45. The van der Waals surface area contributed by atoms with E-state index < -0.39 is 34.3 Å². The van der Waals surface area contributed by atoms with Crippen molar-refractivity contribution in [1.29, 1.82) is 0 Å². The molecule has 4 heterocycles. The number of hydrogen-bond donors (Lipinski definition) is 1. The van der Waals surface area contributed by atoms with Crippen molar-refractivity contribution in [2.75, 3.05) is 11.1 Å². The number of halogens is 3. The molecule has 14 heteroatoms. The molecule has 0 atom stereocenters. The number of amides is 1. The molecule has 3 aromatic rings. The van der Waals surface area contributed by atoms with Crippen LogP contribution in [0.4, 0.5) is 19.0 Å². The van der Waals surface area contributed by atoms with Crippen LogP contribution in [0.25, 0.3) is 11.5 Å². The van der Waals surface area contributed by atoms with Crippen LogP contribution in [-0.4, -0.2) is 55.3 Å². The molecular formula is C21H22F3N7O3S. The van der Waals surface area contributed by atoms with Gasteiger partial charge in [-0.1, -0.05) is 6.07 Å². The van der Waals surface area contributed by atoms with Crippen molar-refractivity contribution in [2.24, 2.45) is 0 Å². The molecule has 0 fully saturated rings. The minimum absolute atomic E-state index is 0.0239. The summed E-state index contributed by atoms with van der Waals surface area (Å²) in [5.74, 6) is -0.804. The maximum atomic E-state index is 12.8. The number of sulfonamides is 1. The molecule has 35 heavy (non-hydrogen) atoms. The molecule has 0 saturated heterocycles. The van der Waals surface area contributed by atoms with Gasteiger partial charge in [0.25, 0.3) is 5.91 Å². The van der Waals surface area contributed by atoms with Gasteiger partial charge in [0.15, 0.2) is 5.82 Å². The fourth-order valence-electron chi connectivity index (χ4n) is 3.56. The molecule has 1 aliphatic heterocycles. The molecule has 0 spiro atoms. The highest BCUT2D eigenvalue weighted by molar-refractivity contribution is 7.89. The Kier molecular flexibility index (Phi) is 6.60. The Labute approximate surface area is 199 Å². The average molecular weight is 510 g/mol. The van der Waals surface area contributed by atoms with Gasteiger partial charge in [-0.2, -0.15) is 17.5 Å². The summed E-state index contributed by atoms with van der Waals surface area (Å²) in [5.41, 5.74) is 1.57. The highest BCUT2D eigenvalue weighted by Gasteiger charge is 2.35. The van der Waals surface area contributed by atoms with Crippen molar-refractivity contribution >= 4 is 21.7 Å². The summed E-state index contributed by atoms with van der Waals surface area (Å²) in [6, 6.07) is 6.58. The van der Waals surface area contributed by atoms with Crippen LogP contribution < -0.4 is 5.32 Å². The van der Waals surface area contributed by atoms with Gasteiger partial charge in [-0.05, 0) is 43.2 Å². The first-order valence-corrected chi connectivity index (χ1v) is 12.2. The van der Waals surface area contributed by atoms with Gasteiger partial charge in [0.2, 0.25) is 10.0 Å². The van der Waals surface area contributed by atoms with E-state index in [1.165, 1.54) is 12.3 Å². The van der Waals surface area contributed by atoms with Crippen LogP contribution >= 0.6 is 0 Å². The standard InChI is InChI=1S/C21H22F3N7O3S/c1-13(2)31-12-26-29-19(31)16-4-3-5-18(27-16)28-20(32)17-8-14-10-30(11-15(14)9-25-17)35(33,34)7-6-21(22,23)24/h3-5,8-9,12-13H,6-7,10-11H2,1-2H3,(H,27,28,32). The molecule has 1 aliphatic rings. The summed E-state index contributed by atoms with van der Waals surface area (Å²) in [7, 11) is -4.12. The molecule has 0 unspecified atom stereocenters. The minimum Gasteiger partial charge on any atom is -0.310 e. The number of rotatable bonds is 7. The monoisotopic (exact) mass is 509 g/mol. The Hall–Kier alpha value is -3.39. The number of carbonyl (C=O) groups is 1. The Morgan fingerprint density at radius 1 is 1.20 bits per heavy atom. The van der Waals surface area contributed by atoms with Crippen molar-refractivity contribution in [2.45, 2.75) is 45.6 Å². The van der Waals surface area contributed by atoms with E-state index in [0.717, 1.165) is 4.31 Å². The zero-order chi connectivity index (χ0) is 25.4. The van der Waals surface area contributed by atoms with Crippen molar-refractivity contribution in [3.8, 4) is 11.5 Å². The molecule has 0 radical (unpaired) electrons. The highest BCUT2D eigenvalue weighted by atomic mass is 32.2. The lowest BCUT2D eigenvalue weighted by Gasteiger charge is -2.16. The van der Waals surface area contributed by atoms with E-state index in [2.05, 4.69) is 25.5 Å². The second-order valence-corrected chi connectivity index (χ2v) is 10.4. The van der Waals surface area contributed by atoms with Crippen LogP contribution in [0, 0.1) is 0 Å². The topological polar surface area (TPSA) is 123 Å². The number of aromatic nitrogens is 5. The van der Waals surface area contributed by atoms with Gasteiger partial charge in [-0.25, -0.2) is 13.4 Å². The number of nitrogens with zero attached hydrogens (tertiary/aromatic N) is 6. The Balaban J connectivity index is 1.47. The van der Waals surface area contributed by atoms with Gasteiger partial charge in [-0.15, -0.1) is 10.2 Å². The van der Waals surface area contributed by atoms with E-state index in [9.17, 15) is 26.4 Å². The summed E-state index contributed by atoms with van der Waals surface area (Å²) in [5, 5.41) is 10.7. The molecule has 0 aromatic carbocycles. The summed E-state index contributed by atoms with van der Waals surface area (Å²) in [4.78, 5) is 21.3. The predicted molar refractivity (Wildman–Crippen MR) is 120 cm³/mol. The summed E-state index contributed by atoms with van der Waals surface area (Å²) >= 11 is 0. The SMILES string of the molecule is CC(C)n1cnnc1-c1cccc(NC(=O)c2cc3c(cn2)CN(S(=O)(=O)CCC(F)(F)F)C3)n1. The number of fused-ring (bicyclic) bond motifs is 1. The number of nitrogens with one attached hydrogen (secondary N) is 1. The molecule has 186 valence electrons. The van der Waals surface area contributed by atoms with Crippen LogP contribution in [0.2, 0.25) is 0 Å². The fourth-order valence-corrected chi connectivity index (χ4v) is 4.98. The fraction of sp³-hybridized carbons (Fsp3) is 0.381. The maximum Gasteiger partial charge on any atom is 0.390 e. The van der Waals surface area contributed by atoms with Crippen LogP contribution in [0.3, 0.4) is 0 Å². The first-order valence-electron chi connectivity index (χ1n) is 10.6. The molecule has 3 aromatic heterocycles. The van der Waals surface area contributed by atoms with E-state index in [4.69, 9.17) is 0 Å². The summed E-state index contributed by atoms with van der Waals surface area (Å²) in [6.07, 6.45) is -3.04. The normalized spacial score (nSPS) is 14.3. The molecule has 0 bridgehead atoms. The molecule has 10 nitrogen and oxygen atoms in total. The number of anilines is 1. The quantitative estimate of drug-likeness (QED) is 0.519. The van der Waals surface area contributed by atoms with Crippen molar-refractivity contribution in [1.82, 2.24) is 29.0 Å². The van der Waals surface area contributed by atoms with Gasteiger partial charge in [0.1, 0.15) is 23.5 Å². The first kappa shape index (κ1) is 24.7. The minimum atomic E-state index is -4.57. The Bertz CT molecular complexity index is 1360. The third-order valence-corrected chi connectivity index (χ3v) is 7.16. The summed E-state index contributed by atoms with van der Waals surface area (Å²) < 4.78 is 64.8. The van der Waals surface area contributed by atoms with E-state index >= 15 is 0 Å². The Morgan fingerprint density at radius 2 is 1.94 bits per heavy atom. The van der Waals surface area contributed by atoms with Crippen LogP contribution in [0.5, 0.6) is 0 Å². The number of pyridine rings is 2. The van der Waals surface area contributed by atoms with Gasteiger partial charge in [-0.3, -0.25) is 9.78 Å². The van der Waals surface area contributed by atoms with E-state index in [1.807, 2.05) is 18.4 Å².